The molecule has 0 saturated heterocycles. The summed E-state index contributed by atoms with van der Waals surface area (Å²) in [4.78, 5) is 28.0. The molecule has 0 saturated carbocycles. The van der Waals surface area contributed by atoms with Gasteiger partial charge in [0.05, 0.1) is 23.4 Å². The van der Waals surface area contributed by atoms with Crippen molar-refractivity contribution in [2.45, 2.75) is 45.0 Å². The van der Waals surface area contributed by atoms with Gasteiger partial charge in [0, 0.05) is 30.1 Å². The van der Waals surface area contributed by atoms with E-state index in [0.717, 1.165) is 17.7 Å². The van der Waals surface area contributed by atoms with Gasteiger partial charge in [0.15, 0.2) is 0 Å². The average Bonchev–Trinajstić information content (AvgIpc) is 2.86. The Labute approximate surface area is 205 Å². The Morgan fingerprint density at radius 2 is 1.94 bits per heavy atom. The SMILES string of the molecule is CC1Cc2nnc(-c3cccc(C(F)(F)F)c3)cc2C(OC(=O)CC(=C=O)NCc2ccncc2)C1. The molecule has 2 heterocycles. The summed E-state index contributed by atoms with van der Waals surface area (Å²) in [5.41, 5.74) is 1.89. The van der Waals surface area contributed by atoms with Crippen LogP contribution in [0, 0.1) is 5.92 Å². The van der Waals surface area contributed by atoms with Crippen LogP contribution in [-0.2, 0) is 33.5 Å². The molecule has 2 atom stereocenters. The summed E-state index contributed by atoms with van der Waals surface area (Å²) in [6, 6.07) is 10.0. The van der Waals surface area contributed by atoms with Crippen molar-refractivity contribution >= 4 is 11.9 Å². The molecule has 0 radical (unpaired) electrons. The lowest BCUT2D eigenvalue weighted by atomic mass is 9.85. The second kappa shape index (κ2) is 10.7. The number of carbonyl (C=O) groups is 1. The van der Waals surface area contributed by atoms with E-state index in [0.29, 0.717) is 30.6 Å². The van der Waals surface area contributed by atoms with E-state index < -0.39 is 23.8 Å². The lowest BCUT2D eigenvalue weighted by Crippen LogP contribution is -2.24. The van der Waals surface area contributed by atoms with E-state index in [9.17, 15) is 22.8 Å². The first-order valence-electron chi connectivity index (χ1n) is 11.3. The fourth-order valence-corrected chi connectivity index (χ4v) is 4.07. The zero-order chi connectivity index (χ0) is 25.7. The molecule has 1 aliphatic rings. The molecular formula is C26H23F3N4O3. The zero-order valence-electron chi connectivity index (χ0n) is 19.4. The summed E-state index contributed by atoms with van der Waals surface area (Å²) in [5, 5.41) is 11.2. The number of hydrogen-bond acceptors (Lipinski definition) is 7. The number of nitrogens with one attached hydrogen (secondary N) is 1. The van der Waals surface area contributed by atoms with Crippen LogP contribution >= 0.6 is 0 Å². The quantitative estimate of drug-likeness (QED) is 0.377. The first-order valence-corrected chi connectivity index (χ1v) is 11.3. The molecule has 0 aliphatic heterocycles. The van der Waals surface area contributed by atoms with E-state index in [1.165, 1.54) is 12.1 Å². The van der Waals surface area contributed by atoms with Gasteiger partial charge >= 0.3 is 12.1 Å². The van der Waals surface area contributed by atoms with Crippen molar-refractivity contribution in [3.63, 3.8) is 0 Å². The molecule has 4 rings (SSSR count). The monoisotopic (exact) mass is 496 g/mol. The van der Waals surface area contributed by atoms with Crippen molar-refractivity contribution in [1.29, 1.82) is 0 Å². The summed E-state index contributed by atoms with van der Waals surface area (Å²) in [5.74, 6) is 1.26. The molecule has 0 spiro atoms. The molecule has 36 heavy (non-hydrogen) atoms. The molecule has 7 nitrogen and oxygen atoms in total. The number of aromatic nitrogens is 3. The van der Waals surface area contributed by atoms with Gasteiger partial charge in [0.25, 0.3) is 0 Å². The third-order valence-corrected chi connectivity index (χ3v) is 5.87. The van der Waals surface area contributed by atoms with Crippen molar-refractivity contribution in [2.24, 2.45) is 5.92 Å². The highest BCUT2D eigenvalue weighted by molar-refractivity contribution is 5.76. The van der Waals surface area contributed by atoms with Gasteiger partial charge in [-0.1, -0.05) is 19.1 Å². The number of ether oxygens (including phenoxy) is 1. The molecule has 10 heteroatoms. The Kier molecular flexibility index (Phi) is 7.45. The van der Waals surface area contributed by atoms with Gasteiger partial charge in [0.1, 0.15) is 17.7 Å². The van der Waals surface area contributed by atoms with Crippen LogP contribution < -0.4 is 5.32 Å². The average molecular weight is 496 g/mol. The number of esters is 1. The van der Waals surface area contributed by atoms with Gasteiger partial charge in [-0.05, 0) is 54.7 Å². The van der Waals surface area contributed by atoms with Crippen LogP contribution in [-0.4, -0.2) is 27.1 Å². The van der Waals surface area contributed by atoms with Crippen LogP contribution in [0.25, 0.3) is 11.3 Å². The van der Waals surface area contributed by atoms with Crippen LogP contribution in [0.15, 0.2) is 60.6 Å². The minimum Gasteiger partial charge on any atom is -0.457 e. The summed E-state index contributed by atoms with van der Waals surface area (Å²) in [6.45, 7) is 2.30. The number of benzene rings is 1. The van der Waals surface area contributed by atoms with Crippen molar-refractivity contribution in [2.75, 3.05) is 0 Å². The normalized spacial score (nSPS) is 17.0. The van der Waals surface area contributed by atoms with Gasteiger partial charge in [-0.15, -0.1) is 0 Å². The second-order valence-electron chi connectivity index (χ2n) is 8.70. The van der Waals surface area contributed by atoms with Gasteiger partial charge in [-0.25, -0.2) is 4.79 Å². The predicted octanol–water partition coefficient (Wildman–Crippen LogP) is 4.62. The Morgan fingerprint density at radius 1 is 1.17 bits per heavy atom. The summed E-state index contributed by atoms with van der Waals surface area (Å²) in [7, 11) is 0. The second-order valence-corrected chi connectivity index (χ2v) is 8.70. The van der Waals surface area contributed by atoms with Gasteiger partial charge in [-0.3, -0.25) is 9.78 Å². The van der Waals surface area contributed by atoms with Crippen LogP contribution in [0.3, 0.4) is 0 Å². The highest BCUT2D eigenvalue weighted by Crippen LogP contribution is 2.37. The van der Waals surface area contributed by atoms with E-state index in [1.54, 1.807) is 36.5 Å². The van der Waals surface area contributed by atoms with E-state index in [1.807, 2.05) is 6.92 Å². The first kappa shape index (κ1) is 25.1. The lowest BCUT2D eigenvalue weighted by molar-refractivity contribution is -0.150. The minimum atomic E-state index is -4.49. The zero-order valence-corrected chi connectivity index (χ0v) is 19.4. The third-order valence-electron chi connectivity index (χ3n) is 5.87. The number of fused-ring (bicyclic) bond motifs is 1. The fraction of sp³-hybridized carbons (Fsp3) is 0.308. The molecule has 0 fully saturated rings. The van der Waals surface area contributed by atoms with Crippen LogP contribution in [0.1, 0.15) is 48.3 Å². The smallest absolute Gasteiger partial charge is 0.416 e. The molecular weight excluding hydrogens is 473 g/mol. The standard InChI is InChI=1S/C26H23F3N4O3/c1-16-9-23-21(13-22(32-33-23)18-3-2-4-19(11-18)26(27,28)29)24(10-16)36-25(35)12-20(15-34)31-14-17-5-7-30-8-6-17/h2-8,11,13,16,24,31H,9-10,12,14H2,1H3. The largest absolute Gasteiger partial charge is 0.457 e. The molecule has 2 unspecified atom stereocenters. The van der Waals surface area contributed by atoms with Crippen molar-refractivity contribution in [3.8, 4) is 11.3 Å². The fourth-order valence-electron chi connectivity index (χ4n) is 4.07. The summed E-state index contributed by atoms with van der Waals surface area (Å²) >= 11 is 0. The van der Waals surface area contributed by atoms with E-state index in [-0.39, 0.29) is 29.3 Å². The number of rotatable bonds is 7. The van der Waals surface area contributed by atoms with Crippen molar-refractivity contribution in [3.05, 3.63) is 82.9 Å². The first-order chi connectivity index (χ1) is 17.2. The molecule has 3 aromatic rings. The molecule has 1 aliphatic carbocycles. The predicted molar refractivity (Wildman–Crippen MR) is 124 cm³/mol. The Hall–Kier alpha value is -4.04. The Bertz CT molecular complexity index is 1290. The van der Waals surface area contributed by atoms with Gasteiger partial charge in [0.2, 0.25) is 0 Å². The highest BCUT2D eigenvalue weighted by atomic mass is 19.4. The van der Waals surface area contributed by atoms with Gasteiger partial charge < -0.3 is 10.1 Å². The highest BCUT2D eigenvalue weighted by Gasteiger charge is 2.32. The van der Waals surface area contributed by atoms with Crippen LogP contribution in [0.4, 0.5) is 13.2 Å². The maximum Gasteiger partial charge on any atom is 0.416 e. The van der Waals surface area contributed by atoms with E-state index >= 15 is 0 Å². The van der Waals surface area contributed by atoms with Crippen LogP contribution in [0.5, 0.6) is 0 Å². The maximum absolute atomic E-state index is 13.2. The number of alkyl halides is 3. The Morgan fingerprint density at radius 3 is 2.67 bits per heavy atom. The number of hydrogen-bond donors (Lipinski definition) is 1. The van der Waals surface area contributed by atoms with E-state index in [2.05, 4.69) is 20.5 Å². The summed E-state index contributed by atoms with van der Waals surface area (Å²) < 4.78 is 45.2. The lowest BCUT2D eigenvalue weighted by Gasteiger charge is -2.28. The van der Waals surface area contributed by atoms with Gasteiger partial charge in [-0.2, -0.15) is 23.4 Å². The van der Waals surface area contributed by atoms with E-state index in [4.69, 9.17) is 4.74 Å². The van der Waals surface area contributed by atoms with Crippen molar-refractivity contribution in [1.82, 2.24) is 20.5 Å². The molecule has 186 valence electrons. The molecule has 1 aromatic carbocycles. The number of halogens is 3. The number of nitrogens with zero attached hydrogens (tertiary/aromatic N) is 3. The topological polar surface area (TPSA) is 94.1 Å². The molecule has 1 N–H and O–H groups in total. The molecule has 2 aromatic heterocycles. The Balaban J connectivity index is 1.50. The molecule has 0 amide bonds. The number of carbonyl (C=O) groups excluding carboxylic acids is 2. The minimum absolute atomic E-state index is 0.0541. The molecule has 0 bridgehead atoms. The third kappa shape index (κ3) is 6.14. The maximum atomic E-state index is 13.2. The van der Waals surface area contributed by atoms with Crippen LogP contribution in [0.2, 0.25) is 0 Å². The summed E-state index contributed by atoms with van der Waals surface area (Å²) in [6.07, 6.45) is -1.09. The van der Waals surface area contributed by atoms with Crippen molar-refractivity contribution < 1.29 is 27.5 Å². The number of pyridine rings is 1.